The summed E-state index contributed by atoms with van der Waals surface area (Å²) in [7, 11) is 0. The molecule has 0 spiro atoms. The Morgan fingerprint density at radius 2 is 1.86 bits per heavy atom. The molecule has 0 radical (unpaired) electrons. The molecule has 3 atom stereocenters. The first kappa shape index (κ1) is 15.0. The number of aliphatic hydroxyl groups is 2. The Kier molecular flexibility index (Phi) is 4.16. The average Bonchev–Trinajstić information content (AvgIpc) is 2.84. The number of benzene rings is 2. The van der Waals surface area contributed by atoms with Gasteiger partial charge in [0.15, 0.2) is 6.10 Å². The van der Waals surface area contributed by atoms with Crippen LogP contribution >= 0.6 is 11.6 Å². The van der Waals surface area contributed by atoms with Crippen molar-refractivity contribution in [1.82, 2.24) is 5.32 Å². The molecule has 2 aromatic rings. The quantitative estimate of drug-likeness (QED) is 0.812. The van der Waals surface area contributed by atoms with Crippen LogP contribution in [0.1, 0.15) is 28.9 Å². The number of nitrogens with one attached hydrogen (secondary N) is 1. The molecule has 22 heavy (non-hydrogen) atoms. The minimum Gasteiger partial charge on any atom is -0.386 e. The average molecular weight is 318 g/mol. The molecular weight excluding hydrogens is 302 g/mol. The van der Waals surface area contributed by atoms with Crippen molar-refractivity contribution >= 4 is 17.5 Å². The maximum Gasteiger partial charge on any atom is 0.253 e. The zero-order valence-corrected chi connectivity index (χ0v) is 12.5. The van der Waals surface area contributed by atoms with E-state index in [4.69, 9.17) is 11.6 Å². The Balaban J connectivity index is 1.72. The summed E-state index contributed by atoms with van der Waals surface area (Å²) in [5.41, 5.74) is 2.18. The summed E-state index contributed by atoms with van der Waals surface area (Å²) in [5, 5.41) is 23.5. The van der Waals surface area contributed by atoms with E-state index in [-0.39, 0.29) is 0 Å². The van der Waals surface area contributed by atoms with Gasteiger partial charge in [0.1, 0.15) is 0 Å². The molecule has 4 nitrogen and oxygen atoms in total. The van der Waals surface area contributed by atoms with Gasteiger partial charge >= 0.3 is 0 Å². The number of carbonyl (C=O) groups excluding carboxylic acids is 1. The van der Waals surface area contributed by atoms with E-state index in [0.29, 0.717) is 17.0 Å². The molecule has 2 aromatic carbocycles. The number of halogens is 1. The predicted molar refractivity (Wildman–Crippen MR) is 83.4 cm³/mol. The van der Waals surface area contributed by atoms with Gasteiger partial charge in [0.05, 0.1) is 12.1 Å². The highest BCUT2D eigenvalue weighted by Gasteiger charge is 2.33. The summed E-state index contributed by atoms with van der Waals surface area (Å²) in [6, 6.07) is 13.7. The van der Waals surface area contributed by atoms with Crippen LogP contribution in [0, 0.1) is 0 Å². The molecule has 0 saturated carbocycles. The van der Waals surface area contributed by atoms with Gasteiger partial charge in [0.2, 0.25) is 0 Å². The summed E-state index contributed by atoms with van der Waals surface area (Å²) in [4.78, 5) is 12.2. The Labute approximate surface area is 133 Å². The van der Waals surface area contributed by atoms with Crippen LogP contribution in [0.2, 0.25) is 5.02 Å². The predicted octanol–water partition coefficient (Wildman–Crippen LogP) is 2.15. The second-order valence-corrected chi connectivity index (χ2v) is 5.79. The maximum absolute atomic E-state index is 12.2. The topological polar surface area (TPSA) is 69.6 Å². The number of amides is 1. The van der Waals surface area contributed by atoms with Gasteiger partial charge in [-0.15, -0.1) is 0 Å². The molecule has 114 valence electrons. The van der Waals surface area contributed by atoms with Crippen molar-refractivity contribution in [2.45, 2.75) is 24.7 Å². The van der Waals surface area contributed by atoms with Gasteiger partial charge in [-0.1, -0.05) is 54.1 Å². The van der Waals surface area contributed by atoms with E-state index in [1.165, 1.54) is 0 Å². The normalized spacial score (nSPS) is 21.2. The second-order valence-electron chi connectivity index (χ2n) is 5.39. The summed E-state index contributed by atoms with van der Waals surface area (Å²) in [5.74, 6) is -0.565. The molecule has 1 aliphatic carbocycles. The van der Waals surface area contributed by atoms with Gasteiger partial charge in [0.25, 0.3) is 5.91 Å². The third-order valence-corrected chi connectivity index (χ3v) is 4.31. The lowest BCUT2D eigenvalue weighted by molar-refractivity contribution is -0.131. The lowest BCUT2D eigenvalue weighted by atomic mass is 10.1. The summed E-state index contributed by atoms with van der Waals surface area (Å²) < 4.78 is 0. The lowest BCUT2D eigenvalue weighted by Crippen LogP contribution is -2.40. The SMILES string of the molecule is O=C(N[C@H]1Cc2ccccc2[C@H]1O)[C@H](O)c1ccccc1Cl. The summed E-state index contributed by atoms with van der Waals surface area (Å²) in [6.07, 6.45) is -1.58. The summed E-state index contributed by atoms with van der Waals surface area (Å²) >= 11 is 5.99. The van der Waals surface area contributed by atoms with Crippen LogP contribution in [0.15, 0.2) is 48.5 Å². The Hall–Kier alpha value is -1.88. The molecule has 3 N–H and O–H groups in total. The third-order valence-electron chi connectivity index (χ3n) is 3.97. The molecule has 1 aliphatic rings. The van der Waals surface area contributed by atoms with E-state index in [1.54, 1.807) is 24.3 Å². The van der Waals surface area contributed by atoms with Crippen molar-refractivity contribution in [3.05, 3.63) is 70.2 Å². The molecule has 5 heteroatoms. The molecule has 0 saturated heterocycles. The first-order valence-corrected chi connectivity index (χ1v) is 7.44. The van der Waals surface area contributed by atoms with E-state index in [2.05, 4.69) is 5.32 Å². The summed E-state index contributed by atoms with van der Waals surface area (Å²) in [6.45, 7) is 0. The van der Waals surface area contributed by atoms with Gasteiger partial charge in [-0.2, -0.15) is 0 Å². The Morgan fingerprint density at radius 1 is 1.18 bits per heavy atom. The highest BCUT2D eigenvalue weighted by Crippen LogP contribution is 2.31. The molecule has 0 aromatic heterocycles. The van der Waals surface area contributed by atoms with Gasteiger partial charge < -0.3 is 15.5 Å². The monoisotopic (exact) mass is 317 g/mol. The molecule has 0 heterocycles. The fourth-order valence-electron chi connectivity index (χ4n) is 2.80. The van der Waals surface area contributed by atoms with Crippen molar-refractivity contribution < 1.29 is 15.0 Å². The van der Waals surface area contributed by atoms with Crippen LogP contribution in [-0.4, -0.2) is 22.2 Å². The van der Waals surface area contributed by atoms with Crippen molar-refractivity contribution in [3.8, 4) is 0 Å². The first-order valence-electron chi connectivity index (χ1n) is 7.06. The van der Waals surface area contributed by atoms with E-state index in [0.717, 1.165) is 11.1 Å². The van der Waals surface area contributed by atoms with Gasteiger partial charge in [-0.25, -0.2) is 0 Å². The van der Waals surface area contributed by atoms with Gasteiger partial charge in [-0.3, -0.25) is 4.79 Å². The Morgan fingerprint density at radius 3 is 2.59 bits per heavy atom. The zero-order chi connectivity index (χ0) is 15.7. The number of fused-ring (bicyclic) bond motifs is 1. The smallest absolute Gasteiger partial charge is 0.253 e. The van der Waals surface area contributed by atoms with E-state index in [1.807, 2.05) is 24.3 Å². The number of carbonyl (C=O) groups is 1. The molecule has 1 amide bonds. The van der Waals surface area contributed by atoms with Crippen molar-refractivity contribution in [2.75, 3.05) is 0 Å². The Bertz CT molecular complexity index is 704. The number of hydrogen-bond donors (Lipinski definition) is 3. The molecule has 3 rings (SSSR count). The van der Waals surface area contributed by atoms with Gasteiger partial charge in [-0.05, 0) is 23.6 Å². The molecule has 0 unspecified atom stereocenters. The molecule has 0 fully saturated rings. The highest BCUT2D eigenvalue weighted by atomic mass is 35.5. The van der Waals surface area contributed by atoms with Crippen LogP contribution in [-0.2, 0) is 11.2 Å². The minimum atomic E-state index is -1.36. The largest absolute Gasteiger partial charge is 0.386 e. The second kappa shape index (κ2) is 6.08. The van der Waals surface area contributed by atoms with Crippen molar-refractivity contribution in [1.29, 1.82) is 0 Å². The van der Waals surface area contributed by atoms with Crippen LogP contribution < -0.4 is 5.32 Å². The lowest BCUT2D eigenvalue weighted by Gasteiger charge is -2.20. The van der Waals surface area contributed by atoms with E-state index in [9.17, 15) is 15.0 Å². The van der Waals surface area contributed by atoms with Gasteiger partial charge in [0, 0.05) is 10.6 Å². The van der Waals surface area contributed by atoms with E-state index >= 15 is 0 Å². The zero-order valence-electron chi connectivity index (χ0n) is 11.7. The maximum atomic E-state index is 12.2. The van der Waals surface area contributed by atoms with Crippen molar-refractivity contribution in [2.24, 2.45) is 0 Å². The van der Waals surface area contributed by atoms with E-state index < -0.39 is 24.2 Å². The minimum absolute atomic E-state index is 0.334. The number of rotatable bonds is 3. The fraction of sp³-hybridized carbons (Fsp3) is 0.235. The molecular formula is C17H16ClNO3. The highest BCUT2D eigenvalue weighted by molar-refractivity contribution is 6.31. The van der Waals surface area contributed by atoms with Crippen LogP contribution in [0.3, 0.4) is 0 Å². The van der Waals surface area contributed by atoms with Crippen LogP contribution in [0.25, 0.3) is 0 Å². The van der Waals surface area contributed by atoms with Crippen LogP contribution in [0.4, 0.5) is 0 Å². The van der Waals surface area contributed by atoms with Crippen LogP contribution in [0.5, 0.6) is 0 Å². The number of aliphatic hydroxyl groups excluding tert-OH is 2. The molecule has 0 bridgehead atoms. The first-order chi connectivity index (χ1) is 10.6. The molecule has 0 aliphatic heterocycles. The number of hydrogen-bond acceptors (Lipinski definition) is 3. The standard InChI is InChI=1S/C17H16ClNO3/c18-13-8-4-3-7-12(13)16(21)17(22)19-14-9-10-5-1-2-6-11(10)15(14)20/h1-8,14-16,20-21H,9H2,(H,19,22)/t14-,15+,16+/m0/s1. The van der Waals surface area contributed by atoms with Crippen molar-refractivity contribution in [3.63, 3.8) is 0 Å². The third kappa shape index (κ3) is 2.73. The fourth-order valence-corrected chi connectivity index (χ4v) is 3.04.